The lowest BCUT2D eigenvalue weighted by Gasteiger charge is -2.51. The summed E-state index contributed by atoms with van der Waals surface area (Å²) in [5, 5.41) is 12.9. The van der Waals surface area contributed by atoms with Gasteiger partial charge in [0.15, 0.2) is 11.9 Å². The van der Waals surface area contributed by atoms with Crippen molar-refractivity contribution in [2.45, 2.75) is 102 Å². The molecule has 1 aromatic heterocycles. The fraction of sp³-hybridized carbons (Fsp3) is 0.810. The molecule has 8 nitrogen and oxygen atoms in total. The molecule has 0 saturated carbocycles. The number of rotatable bonds is 4. The average Bonchev–Trinajstić information content (AvgIpc) is 3.32. The molecule has 0 amide bonds. The Hall–Kier alpha value is -1.23. The van der Waals surface area contributed by atoms with Crippen molar-refractivity contribution in [3.05, 3.63) is 12.0 Å². The van der Waals surface area contributed by atoms with Gasteiger partial charge in [0, 0.05) is 0 Å². The van der Waals surface area contributed by atoms with E-state index >= 15 is 0 Å². The van der Waals surface area contributed by atoms with Crippen LogP contribution in [0.15, 0.2) is 6.33 Å². The Labute approximate surface area is 187 Å². The number of nitriles is 1. The highest BCUT2D eigenvalue weighted by molar-refractivity contribution is 6.84. The average molecular weight is 465 g/mol. The highest BCUT2D eigenvalue weighted by Gasteiger charge is 2.62. The molecule has 0 aromatic carbocycles. The van der Waals surface area contributed by atoms with Gasteiger partial charge in [-0.1, -0.05) is 55.4 Å². The number of nitrogens with one attached hydrogen (secondary N) is 1. The Balaban J connectivity index is 1.76. The number of hydrogen-bond acceptors (Lipinski definition) is 7. The van der Waals surface area contributed by atoms with E-state index in [1.165, 1.54) is 0 Å². The largest absolute Gasteiger partial charge is 0.414 e. The summed E-state index contributed by atoms with van der Waals surface area (Å²) in [6, 6.07) is 2.06. The fourth-order valence-electron chi connectivity index (χ4n) is 5.48. The van der Waals surface area contributed by atoms with Crippen LogP contribution in [0.2, 0.25) is 22.2 Å². The summed E-state index contributed by atoms with van der Waals surface area (Å²) in [6.07, 6.45) is 1.01. The zero-order chi connectivity index (χ0) is 22.7. The van der Waals surface area contributed by atoms with Crippen molar-refractivity contribution in [1.29, 1.82) is 5.26 Å². The lowest BCUT2D eigenvalue weighted by molar-refractivity contribution is -0.0543. The number of imidazole rings is 1. The van der Waals surface area contributed by atoms with Crippen LogP contribution in [0, 0.1) is 11.3 Å². The number of aromatic nitrogens is 2. The molecule has 3 aliphatic heterocycles. The number of fused-ring (bicyclic) bond motifs is 5. The fourth-order valence-corrected chi connectivity index (χ4v) is 16.7. The van der Waals surface area contributed by atoms with Gasteiger partial charge in [0.1, 0.15) is 36.5 Å². The van der Waals surface area contributed by atoms with Gasteiger partial charge in [-0.2, -0.15) is 5.26 Å². The van der Waals surface area contributed by atoms with Crippen molar-refractivity contribution in [2.75, 3.05) is 11.9 Å². The van der Waals surface area contributed by atoms with Gasteiger partial charge in [0.2, 0.25) is 0 Å². The molecule has 31 heavy (non-hydrogen) atoms. The third-order valence-electron chi connectivity index (χ3n) is 7.15. The second-order valence-corrected chi connectivity index (χ2v) is 19.1. The van der Waals surface area contributed by atoms with Gasteiger partial charge in [-0.3, -0.25) is 4.57 Å². The summed E-state index contributed by atoms with van der Waals surface area (Å²) in [7, 11) is -5.28. The first-order chi connectivity index (χ1) is 14.6. The van der Waals surface area contributed by atoms with Crippen molar-refractivity contribution >= 4 is 22.9 Å². The van der Waals surface area contributed by atoms with E-state index in [1.807, 2.05) is 4.57 Å². The van der Waals surface area contributed by atoms with Crippen molar-refractivity contribution in [3.63, 3.8) is 0 Å². The van der Waals surface area contributed by atoms with Gasteiger partial charge < -0.3 is 23.0 Å². The topological polar surface area (TPSA) is 90.6 Å². The van der Waals surface area contributed by atoms with Crippen LogP contribution in [0.5, 0.6) is 0 Å². The molecular weight excluding hydrogens is 428 g/mol. The Morgan fingerprint density at radius 1 is 1.06 bits per heavy atom. The van der Waals surface area contributed by atoms with Crippen LogP contribution in [-0.2, 0) is 17.7 Å². The summed E-state index contributed by atoms with van der Waals surface area (Å²) >= 11 is 0. The number of ether oxygens (including phenoxy) is 1. The first kappa shape index (κ1) is 22.9. The second kappa shape index (κ2) is 7.97. The number of nitrogens with zero attached hydrogens (tertiary/aromatic N) is 3. The second-order valence-electron chi connectivity index (χ2n) is 10.3. The SMILES string of the molecule is CC(C)[Si]1(C(C)C)OC[C@H]2O[C@@H]3[C@@H](Nc4c(C#N)ncn43)[C@@H]2O[Si](C(C)C)(C(C)C)O1. The molecule has 4 heterocycles. The first-order valence-corrected chi connectivity index (χ1v) is 15.4. The van der Waals surface area contributed by atoms with Crippen molar-refractivity contribution in [2.24, 2.45) is 0 Å². The summed E-state index contributed by atoms with van der Waals surface area (Å²) in [5.74, 6) is 0.706. The molecule has 10 heteroatoms. The maximum atomic E-state index is 9.39. The van der Waals surface area contributed by atoms with Crippen LogP contribution < -0.4 is 5.32 Å². The van der Waals surface area contributed by atoms with Gasteiger partial charge in [0.25, 0.3) is 0 Å². The van der Waals surface area contributed by atoms with E-state index in [0.29, 0.717) is 29.2 Å². The molecule has 1 aromatic rings. The summed E-state index contributed by atoms with van der Waals surface area (Å²) in [6.45, 7) is 18.2. The lowest BCUT2D eigenvalue weighted by Crippen LogP contribution is -2.66. The van der Waals surface area contributed by atoms with Gasteiger partial charge in [-0.25, -0.2) is 4.98 Å². The molecule has 4 rings (SSSR count). The Bertz CT molecular complexity index is 850. The van der Waals surface area contributed by atoms with Crippen LogP contribution in [0.25, 0.3) is 0 Å². The van der Waals surface area contributed by atoms with E-state index in [-0.39, 0.29) is 35.6 Å². The quantitative estimate of drug-likeness (QED) is 0.660. The molecule has 3 aliphatic rings. The summed E-state index contributed by atoms with van der Waals surface area (Å²) in [5.41, 5.74) is 1.50. The Kier molecular flexibility index (Phi) is 5.90. The summed E-state index contributed by atoms with van der Waals surface area (Å²) in [4.78, 5) is 4.20. The normalized spacial score (nSPS) is 31.2. The molecular formula is C21H36N4O4Si2. The Morgan fingerprint density at radius 3 is 2.23 bits per heavy atom. The molecule has 1 N–H and O–H groups in total. The minimum absolute atomic E-state index is 0.0982. The van der Waals surface area contributed by atoms with E-state index in [2.05, 4.69) is 71.8 Å². The molecule has 2 saturated heterocycles. The molecule has 0 bridgehead atoms. The molecule has 172 valence electrons. The zero-order valence-corrected chi connectivity index (χ0v) is 21.9. The van der Waals surface area contributed by atoms with Crippen LogP contribution in [0.3, 0.4) is 0 Å². The standard InChI is InChI=1S/C21H36N4O4Si2/c1-12(2)30(13(3)4)26-10-17-19(28-31(29-30,14(5)6)15(7)8)18-21(27-17)25-11-23-16(9-22)20(25)24-18/h11-15,17-19,21,24H,10H2,1-8H3/t17-,18+,19-,21-/m1/s1. The highest BCUT2D eigenvalue weighted by atomic mass is 28.5. The Morgan fingerprint density at radius 2 is 1.68 bits per heavy atom. The minimum Gasteiger partial charge on any atom is -0.414 e. The van der Waals surface area contributed by atoms with Gasteiger partial charge >= 0.3 is 17.1 Å². The maximum Gasteiger partial charge on any atom is 0.335 e. The van der Waals surface area contributed by atoms with Crippen molar-refractivity contribution < 1.29 is 17.7 Å². The highest BCUT2D eigenvalue weighted by Crippen LogP contribution is 2.50. The molecule has 4 atom stereocenters. The van der Waals surface area contributed by atoms with Gasteiger partial charge in [-0.15, -0.1) is 0 Å². The van der Waals surface area contributed by atoms with E-state index in [1.54, 1.807) is 6.33 Å². The molecule has 0 spiro atoms. The smallest absolute Gasteiger partial charge is 0.335 e. The molecule has 0 unspecified atom stereocenters. The van der Waals surface area contributed by atoms with E-state index in [9.17, 15) is 5.26 Å². The third-order valence-corrected chi connectivity index (χ3v) is 17.4. The molecule has 0 radical (unpaired) electrons. The van der Waals surface area contributed by atoms with Crippen LogP contribution in [0.4, 0.5) is 5.82 Å². The molecule has 2 fully saturated rings. The van der Waals surface area contributed by atoms with Crippen molar-refractivity contribution in [3.8, 4) is 6.07 Å². The van der Waals surface area contributed by atoms with E-state index < -0.39 is 17.1 Å². The number of anilines is 1. The molecule has 0 aliphatic carbocycles. The maximum absolute atomic E-state index is 9.39. The lowest BCUT2D eigenvalue weighted by atomic mass is 10.1. The zero-order valence-electron chi connectivity index (χ0n) is 19.9. The minimum atomic E-state index is -2.70. The van der Waals surface area contributed by atoms with E-state index in [4.69, 9.17) is 17.7 Å². The van der Waals surface area contributed by atoms with Gasteiger partial charge in [-0.05, 0) is 22.2 Å². The van der Waals surface area contributed by atoms with Crippen LogP contribution in [-0.4, -0.2) is 51.5 Å². The van der Waals surface area contributed by atoms with Gasteiger partial charge in [0.05, 0.1) is 6.61 Å². The van der Waals surface area contributed by atoms with Crippen LogP contribution >= 0.6 is 0 Å². The predicted octanol–water partition coefficient (Wildman–Crippen LogP) is 4.40. The predicted molar refractivity (Wildman–Crippen MR) is 122 cm³/mol. The van der Waals surface area contributed by atoms with E-state index in [0.717, 1.165) is 0 Å². The monoisotopic (exact) mass is 464 g/mol. The summed E-state index contributed by atoms with van der Waals surface area (Å²) < 4.78 is 29.6. The number of hydrogen-bond donors (Lipinski definition) is 1. The van der Waals surface area contributed by atoms with Crippen LogP contribution in [0.1, 0.15) is 67.3 Å². The first-order valence-electron chi connectivity index (χ1n) is 11.5. The third kappa shape index (κ3) is 3.32. The van der Waals surface area contributed by atoms with Crippen molar-refractivity contribution in [1.82, 2.24) is 9.55 Å².